The van der Waals surface area contributed by atoms with Gasteiger partial charge in [-0.05, 0) is 78.3 Å². The number of aromatic nitrogens is 4. The molecule has 5 rings (SSSR count). The molecule has 2 aliphatic heterocycles. The Kier molecular flexibility index (Phi) is 5.34. The van der Waals surface area contributed by atoms with E-state index >= 15 is 0 Å². The van der Waals surface area contributed by atoms with Gasteiger partial charge in [-0.15, -0.1) is 0 Å². The molecule has 0 radical (unpaired) electrons. The summed E-state index contributed by atoms with van der Waals surface area (Å²) >= 11 is 6.57. The number of halogens is 1. The molecule has 37 heavy (non-hydrogen) atoms. The van der Waals surface area contributed by atoms with Gasteiger partial charge in [0.15, 0.2) is 22.7 Å². The van der Waals surface area contributed by atoms with Crippen molar-refractivity contribution in [2.45, 2.75) is 77.5 Å². The molecule has 0 bridgehead atoms. The minimum absolute atomic E-state index is 0.261. The lowest BCUT2D eigenvalue weighted by atomic mass is 9.84. The molecule has 0 spiro atoms. The monoisotopic (exact) mass is 522 g/mol. The van der Waals surface area contributed by atoms with Crippen molar-refractivity contribution >= 4 is 23.3 Å². The van der Waals surface area contributed by atoms with Gasteiger partial charge >= 0.3 is 5.84 Å². The number of hydroxylamine groups is 2. The summed E-state index contributed by atoms with van der Waals surface area (Å²) in [5, 5.41) is 14.6. The van der Waals surface area contributed by atoms with Crippen LogP contribution in [0, 0.1) is 10.1 Å². The number of nitrogens with zero attached hydrogens (tertiary/aromatic N) is 8. The van der Waals surface area contributed by atoms with Crippen LogP contribution in [-0.2, 0) is 0 Å². The molecule has 2 aliphatic rings. The number of nitroso groups, excluding NO2 is 1. The maximum Gasteiger partial charge on any atom is 0.400 e. The van der Waals surface area contributed by atoms with Gasteiger partial charge in [-0.25, -0.2) is 9.97 Å². The minimum atomic E-state index is -0.738. The molecule has 0 N–H and O–H groups in total. The van der Waals surface area contributed by atoms with Crippen LogP contribution in [-0.4, -0.2) is 62.8 Å². The van der Waals surface area contributed by atoms with Crippen LogP contribution in [0.4, 0.5) is 0 Å². The molecule has 0 atom stereocenters. The summed E-state index contributed by atoms with van der Waals surface area (Å²) in [6.07, 6.45) is 6.78. The van der Waals surface area contributed by atoms with Gasteiger partial charge in [0.1, 0.15) is 0 Å². The number of aliphatic imine (C=N–C) groups is 2. The van der Waals surface area contributed by atoms with E-state index in [1.54, 1.807) is 46.1 Å². The lowest BCUT2D eigenvalue weighted by Crippen LogP contribution is -2.50. The highest BCUT2D eigenvalue weighted by Gasteiger charge is 2.60. The summed E-state index contributed by atoms with van der Waals surface area (Å²) in [6.45, 7) is 15.2. The SMILES string of the molecule is CC1(C)N=C(c2nccn2-c2cc(Cl)cc(-n3ccnc3C3=NC(C)(C)C(C)(C)[N+]3=O)c2)N([O-])C1(C)C. The van der Waals surface area contributed by atoms with E-state index in [1.807, 2.05) is 61.5 Å². The zero-order valence-electron chi connectivity index (χ0n) is 22.3. The Bertz CT molecular complexity index is 1490. The Labute approximate surface area is 220 Å². The van der Waals surface area contributed by atoms with Crippen LogP contribution in [0.5, 0.6) is 0 Å². The van der Waals surface area contributed by atoms with Gasteiger partial charge in [-0.3, -0.25) is 14.1 Å². The van der Waals surface area contributed by atoms with Crippen molar-refractivity contribution in [1.29, 1.82) is 0 Å². The van der Waals surface area contributed by atoms with Gasteiger partial charge in [0, 0.05) is 35.3 Å². The topological polar surface area (TPSA) is 107 Å². The van der Waals surface area contributed by atoms with Crippen LogP contribution in [0.1, 0.15) is 67.0 Å². The van der Waals surface area contributed by atoms with Crippen LogP contribution >= 0.6 is 11.6 Å². The van der Waals surface area contributed by atoms with Gasteiger partial charge in [0.25, 0.3) is 0 Å². The lowest BCUT2D eigenvalue weighted by Gasteiger charge is -2.45. The smallest absolute Gasteiger partial charge is 0.400 e. The van der Waals surface area contributed by atoms with Crippen molar-refractivity contribution in [2.24, 2.45) is 9.98 Å². The number of rotatable bonds is 4. The highest BCUT2D eigenvalue weighted by atomic mass is 35.5. The lowest BCUT2D eigenvalue weighted by molar-refractivity contribution is -0.515. The number of amidine groups is 2. The largest absolute Gasteiger partial charge is 0.757 e. The standard InChI is InChI=1S/C26H31ClN8O2/c1-23(2)25(5,6)34(36)21(30-23)19-28-9-11-32(19)17-13-16(27)14-18(15-17)33-12-10-29-20(33)22-31-24(3,4)26(7,8)35(22)37/h9-15H,1-8H3. The molecular weight excluding hydrogens is 492 g/mol. The first-order chi connectivity index (χ1) is 17.1. The highest BCUT2D eigenvalue weighted by molar-refractivity contribution is 6.31. The summed E-state index contributed by atoms with van der Waals surface area (Å²) in [6, 6.07) is 5.46. The third-order valence-corrected chi connectivity index (χ3v) is 8.49. The van der Waals surface area contributed by atoms with E-state index in [1.165, 1.54) is 0 Å². The highest BCUT2D eigenvalue weighted by Crippen LogP contribution is 2.39. The quantitative estimate of drug-likeness (QED) is 0.452. The van der Waals surface area contributed by atoms with E-state index in [4.69, 9.17) is 21.6 Å². The second kappa shape index (κ2) is 7.82. The second-order valence-electron chi connectivity index (χ2n) is 11.6. The molecule has 10 nitrogen and oxygen atoms in total. The molecular formula is C26H31ClN8O2. The van der Waals surface area contributed by atoms with Gasteiger partial charge in [0.05, 0.1) is 16.9 Å². The van der Waals surface area contributed by atoms with Crippen LogP contribution < -0.4 is 0 Å². The number of hydrogen-bond acceptors (Lipinski definition) is 7. The molecule has 0 fully saturated rings. The molecule has 0 amide bonds. The summed E-state index contributed by atoms with van der Waals surface area (Å²) in [5.74, 6) is 1.36. The number of hydrogen-bond donors (Lipinski definition) is 0. The Balaban J connectivity index is 1.60. The Morgan fingerprint density at radius 2 is 1.35 bits per heavy atom. The second-order valence-corrected chi connectivity index (χ2v) is 12.0. The first kappa shape index (κ1) is 25.3. The van der Waals surface area contributed by atoms with Crippen molar-refractivity contribution in [3.63, 3.8) is 0 Å². The summed E-state index contributed by atoms with van der Waals surface area (Å²) in [5.41, 5.74) is -1.31. The maximum absolute atomic E-state index is 13.2. The van der Waals surface area contributed by atoms with Crippen LogP contribution in [0.2, 0.25) is 5.02 Å². The van der Waals surface area contributed by atoms with Crippen molar-refractivity contribution in [2.75, 3.05) is 0 Å². The van der Waals surface area contributed by atoms with E-state index < -0.39 is 22.2 Å². The Morgan fingerprint density at radius 1 is 0.811 bits per heavy atom. The fourth-order valence-electron chi connectivity index (χ4n) is 4.39. The van der Waals surface area contributed by atoms with Gasteiger partial charge < -0.3 is 10.3 Å². The predicted molar refractivity (Wildman–Crippen MR) is 144 cm³/mol. The molecule has 1 aromatic carbocycles. The van der Waals surface area contributed by atoms with E-state index in [2.05, 4.69) is 9.97 Å². The predicted octanol–water partition coefficient (Wildman–Crippen LogP) is 4.92. The molecule has 194 valence electrons. The molecule has 0 aliphatic carbocycles. The summed E-state index contributed by atoms with van der Waals surface area (Å²) < 4.78 is 4.49. The Hall–Kier alpha value is -3.37. The Morgan fingerprint density at radius 3 is 1.84 bits per heavy atom. The van der Waals surface area contributed by atoms with E-state index in [9.17, 15) is 10.1 Å². The molecule has 3 aromatic rings. The zero-order valence-corrected chi connectivity index (χ0v) is 23.1. The zero-order chi connectivity index (χ0) is 27.1. The van der Waals surface area contributed by atoms with Crippen molar-refractivity contribution in [1.82, 2.24) is 24.2 Å². The van der Waals surface area contributed by atoms with Crippen molar-refractivity contribution in [3.8, 4) is 11.4 Å². The van der Waals surface area contributed by atoms with E-state index in [-0.39, 0.29) is 11.7 Å². The normalized spacial score (nSPS) is 21.4. The first-order valence-corrected chi connectivity index (χ1v) is 12.5. The molecule has 2 aromatic heterocycles. The third-order valence-electron chi connectivity index (χ3n) is 8.27. The van der Waals surface area contributed by atoms with Crippen LogP contribution in [0.3, 0.4) is 0 Å². The van der Waals surface area contributed by atoms with Gasteiger partial charge in [-0.1, -0.05) is 21.5 Å². The molecule has 4 heterocycles. The number of benzene rings is 1. The van der Waals surface area contributed by atoms with E-state index in [0.717, 1.165) is 9.82 Å². The number of imidazole rings is 2. The summed E-state index contributed by atoms with van der Waals surface area (Å²) in [7, 11) is 0. The molecule has 0 unspecified atom stereocenters. The third kappa shape index (κ3) is 3.57. The van der Waals surface area contributed by atoms with Crippen LogP contribution in [0.15, 0.2) is 53.0 Å². The molecule has 11 heteroatoms. The van der Waals surface area contributed by atoms with Crippen LogP contribution in [0.25, 0.3) is 11.4 Å². The molecule has 0 saturated carbocycles. The first-order valence-electron chi connectivity index (χ1n) is 12.1. The van der Waals surface area contributed by atoms with Gasteiger partial charge in [0.2, 0.25) is 5.82 Å². The average molecular weight is 523 g/mol. The minimum Gasteiger partial charge on any atom is -0.757 e. The van der Waals surface area contributed by atoms with E-state index in [0.29, 0.717) is 28.0 Å². The molecule has 0 saturated heterocycles. The van der Waals surface area contributed by atoms with Crippen molar-refractivity contribution < 1.29 is 4.76 Å². The summed E-state index contributed by atoms with van der Waals surface area (Å²) in [4.78, 5) is 31.6. The fraction of sp³-hybridized carbons (Fsp3) is 0.462. The van der Waals surface area contributed by atoms with Crippen molar-refractivity contribution in [3.05, 3.63) is 69.8 Å². The maximum atomic E-state index is 13.2. The van der Waals surface area contributed by atoms with Gasteiger partial charge in [-0.2, -0.15) is 0 Å². The fourth-order valence-corrected chi connectivity index (χ4v) is 4.62. The average Bonchev–Trinajstić information content (AvgIpc) is 3.54.